The second kappa shape index (κ2) is 5.98. The lowest BCUT2D eigenvalue weighted by molar-refractivity contribution is 0.254. The van der Waals surface area contributed by atoms with Crippen molar-refractivity contribution >= 4 is 26.0 Å². The largest absolute Gasteiger partial charge is 0.492 e. The zero-order valence-corrected chi connectivity index (χ0v) is 13.8. The van der Waals surface area contributed by atoms with Crippen molar-refractivity contribution < 1.29 is 17.5 Å². The van der Waals surface area contributed by atoms with Gasteiger partial charge in [-0.2, -0.15) is 0 Å². The molecule has 0 aromatic heterocycles. The molecule has 2 aromatic rings. The molecule has 4 nitrogen and oxygen atoms in total. The molecule has 0 amide bonds. The fourth-order valence-electron chi connectivity index (χ4n) is 2.34. The highest BCUT2D eigenvalue weighted by Crippen LogP contribution is 2.28. The van der Waals surface area contributed by atoms with Crippen LogP contribution in [-0.4, -0.2) is 21.1 Å². The Kier molecular flexibility index (Phi) is 4.20. The van der Waals surface area contributed by atoms with Gasteiger partial charge >= 0.3 is 0 Å². The Bertz CT molecular complexity index is 793. The van der Waals surface area contributed by atoms with Gasteiger partial charge in [0, 0.05) is 4.47 Å². The summed E-state index contributed by atoms with van der Waals surface area (Å²) in [6.07, 6.45) is 0.537. The fraction of sp³-hybridized carbons (Fsp3) is 0.200. The summed E-state index contributed by atoms with van der Waals surface area (Å²) in [4.78, 5) is 0.0361. The number of sulfonamides is 1. The molecular weight excluding hydrogens is 373 g/mol. The maximum atomic E-state index is 12.9. The van der Waals surface area contributed by atoms with Crippen LogP contribution >= 0.6 is 15.9 Å². The first kappa shape index (κ1) is 15.5. The van der Waals surface area contributed by atoms with Gasteiger partial charge in [-0.15, -0.1) is 0 Å². The molecule has 1 heterocycles. The van der Waals surface area contributed by atoms with Gasteiger partial charge in [-0.05, 0) is 54.4 Å². The van der Waals surface area contributed by atoms with E-state index in [1.165, 1.54) is 12.1 Å². The molecule has 22 heavy (non-hydrogen) atoms. The number of fused-ring (bicyclic) bond motifs is 1. The van der Waals surface area contributed by atoms with Gasteiger partial charge in [-0.1, -0.05) is 15.9 Å². The molecule has 0 saturated heterocycles. The molecule has 0 unspecified atom stereocenters. The molecule has 1 aliphatic rings. The molecule has 2 aromatic carbocycles. The number of hydrogen-bond donors (Lipinski definition) is 1. The van der Waals surface area contributed by atoms with Crippen LogP contribution in [0.5, 0.6) is 5.75 Å². The topological polar surface area (TPSA) is 55.4 Å². The zero-order chi connectivity index (χ0) is 15.7. The van der Waals surface area contributed by atoms with Gasteiger partial charge in [0.1, 0.15) is 18.2 Å². The predicted octanol–water partition coefficient (Wildman–Crippen LogP) is 2.87. The van der Waals surface area contributed by atoms with Crippen molar-refractivity contribution in [1.29, 1.82) is 0 Å². The lowest BCUT2D eigenvalue weighted by atomic mass is 10.0. The van der Waals surface area contributed by atoms with Crippen molar-refractivity contribution in [3.8, 4) is 5.75 Å². The number of ether oxygens (including phenoxy) is 1. The Labute approximate surface area is 136 Å². The van der Waals surface area contributed by atoms with Crippen molar-refractivity contribution in [3.05, 3.63) is 58.3 Å². The molecule has 7 heteroatoms. The molecule has 0 spiro atoms. The summed E-state index contributed by atoms with van der Waals surface area (Å²) in [6, 6.07) is 10.0. The van der Waals surface area contributed by atoms with Gasteiger partial charge in [0.05, 0.1) is 10.9 Å². The first-order valence-electron chi connectivity index (χ1n) is 6.63. The van der Waals surface area contributed by atoms with Crippen molar-refractivity contribution in [2.24, 2.45) is 0 Å². The molecule has 116 valence electrons. The Morgan fingerprint density at radius 1 is 1.18 bits per heavy atom. The molecule has 0 aliphatic carbocycles. The Balaban J connectivity index is 1.78. The van der Waals surface area contributed by atoms with Crippen molar-refractivity contribution in [2.75, 3.05) is 6.61 Å². The standard InChI is InChI=1S/C15H13BrFNO3S/c16-11-1-6-15-10(7-11)8-13(9-21-15)18-22(19,20)14-4-2-12(17)3-5-14/h1-7,13,18H,8-9H2/t13-/m1/s1. The number of nitrogens with one attached hydrogen (secondary N) is 1. The van der Waals surface area contributed by atoms with E-state index in [0.29, 0.717) is 6.42 Å². The highest BCUT2D eigenvalue weighted by molar-refractivity contribution is 9.10. The number of rotatable bonds is 3. The van der Waals surface area contributed by atoms with Gasteiger partial charge in [0.2, 0.25) is 10.0 Å². The third kappa shape index (κ3) is 3.31. The number of hydrogen-bond acceptors (Lipinski definition) is 3. The lowest BCUT2D eigenvalue weighted by Gasteiger charge is -2.26. The van der Waals surface area contributed by atoms with E-state index in [-0.39, 0.29) is 17.5 Å². The minimum Gasteiger partial charge on any atom is -0.492 e. The summed E-state index contributed by atoms with van der Waals surface area (Å²) in [7, 11) is -3.70. The van der Waals surface area contributed by atoms with E-state index in [1.807, 2.05) is 18.2 Å². The van der Waals surface area contributed by atoms with Gasteiger partial charge in [-0.3, -0.25) is 0 Å². The maximum absolute atomic E-state index is 12.9. The summed E-state index contributed by atoms with van der Waals surface area (Å²) >= 11 is 3.39. The van der Waals surface area contributed by atoms with Crippen LogP contribution < -0.4 is 9.46 Å². The second-order valence-electron chi connectivity index (χ2n) is 5.04. The molecule has 0 bridgehead atoms. The monoisotopic (exact) mass is 385 g/mol. The van der Waals surface area contributed by atoms with Crippen LogP contribution in [-0.2, 0) is 16.4 Å². The highest BCUT2D eigenvalue weighted by atomic mass is 79.9. The minimum absolute atomic E-state index is 0.0361. The molecule has 1 aliphatic heterocycles. The van der Waals surface area contributed by atoms with Crippen molar-refractivity contribution in [2.45, 2.75) is 17.4 Å². The average Bonchev–Trinajstić information content (AvgIpc) is 2.47. The van der Waals surface area contributed by atoms with Crippen LogP contribution in [0.15, 0.2) is 51.8 Å². The molecular formula is C15H13BrFNO3S. The molecule has 1 atom stereocenters. The second-order valence-corrected chi connectivity index (χ2v) is 7.67. The fourth-order valence-corrected chi connectivity index (χ4v) is 3.97. The molecule has 0 saturated carbocycles. The first-order chi connectivity index (χ1) is 10.4. The Morgan fingerprint density at radius 3 is 2.64 bits per heavy atom. The molecule has 0 radical (unpaired) electrons. The average molecular weight is 386 g/mol. The van der Waals surface area contributed by atoms with E-state index < -0.39 is 15.8 Å². The van der Waals surface area contributed by atoms with Crippen LogP contribution in [0, 0.1) is 5.82 Å². The van der Waals surface area contributed by atoms with E-state index in [0.717, 1.165) is 27.9 Å². The first-order valence-corrected chi connectivity index (χ1v) is 8.91. The van der Waals surface area contributed by atoms with Crippen LogP contribution in [0.4, 0.5) is 4.39 Å². The number of benzene rings is 2. The third-order valence-corrected chi connectivity index (χ3v) is 5.40. The normalized spacial score (nSPS) is 17.6. The van der Waals surface area contributed by atoms with E-state index in [9.17, 15) is 12.8 Å². The van der Waals surface area contributed by atoms with Crippen LogP contribution in [0.25, 0.3) is 0 Å². The lowest BCUT2D eigenvalue weighted by Crippen LogP contribution is -2.42. The van der Waals surface area contributed by atoms with Gasteiger partial charge in [-0.25, -0.2) is 17.5 Å². The van der Waals surface area contributed by atoms with E-state index in [4.69, 9.17) is 4.74 Å². The van der Waals surface area contributed by atoms with E-state index in [1.54, 1.807) is 0 Å². The SMILES string of the molecule is O=S(=O)(N[C@H]1COc2ccc(Br)cc2C1)c1ccc(F)cc1. The molecule has 3 rings (SSSR count). The van der Waals surface area contributed by atoms with Crippen LogP contribution in [0.3, 0.4) is 0 Å². The van der Waals surface area contributed by atoms with Crippen LogP contribution in [0.1, 0.15) is 5.56 Å². The van der Waals surface area contributed by atoms with Crippen LogP contribution in [0.2, 0.25) is 0 Å². The quantitative estimate of drug-likeness (QED) is 0.883. The zero-order valence-electron chi connectivity index (χ0n) is 11.4. The third-order valence-electron chi connectivity index (χ3n) is 3.37. The van der Waals surface area contributed by atoms with Gasteiger partial charge in [0.25, 0.3) is 0 Å². The summed E-state index contributed by atoms with van der Waals surface area (Å²) in [5, 5.41) is 0. The van der Waals surface area contributed by atoms with Crippen molar-refractivity contribution in [3.63, 3.8) is 0 Å². The Hall–Kier alpha value is -1.44. The summed E-state index contributed by atoms with van der Waals surface area (Å²) in [5.41, 5.74) is 0.937. The molecule has 0 fully saturated rings. The maximum Gasteiger partial charge on any atom is 0.240 e. The Morgan fingerprint density at radius 2 is 1.91 bits per heavy atom. The minimum atomic E-state index is -3.70. The summed E-state index contributed by atoms with van der Waals surface area (Å²) in [5.74, 6) is 0.291. The van der Waals surface area contributed by atoms with E-state index >= 15 is 0 Å². The highest BCUT2D eigenvalue weighted by Gasteiger charge is 2.25. The van der Waals surface area contributed by atoms with Gasteiger partial charge < -0.3 is 4.74 Å². The number of halogens is 2. The van der Waals surface area contributed by atoms with E-state index in [2.05, 4.69) is 20.7 Å². The molecule has 1 N–H and O–H groups in total. The smallest absolute Gasteiger partial charge is 0.240 e. The van der Waals surface area contributed by atoms with Crippen molar-refractivity contribution in [1.82, 2.24) is 4.72 Å². The summed E-state index contributed by atoms with van der Waals surface area (Å²) < 4.78 is 46.6. The van der Waals surface area contributed by atoms with Gasteiger partial charge in [0.15, 0.2) is 0 Å². The summed E-state index contributed by atoms with van der Waals surface area (Å²) in [6.45, 7) is 0.259. The predicted molar refractivity (Wildman–Crippen MR) is 83.9 cm³/mol.